The van der Waals surface area contributed by atoms with Gasteiger partial charge in [-0.25, -0.2) is 9.37 Å². The second-order valence-corrected chi connectivity index (χ2v) is 4.41. The normalized spacial score (nSPS) is 10.4. The first kappa shape index (κ1) is 13.3. The van der Waals surface area contributed by atoms with E-state index in [0.29, 0.717) is 11.1 Å². The first-order valence-electron chi connectivity index (χ1n) is 5.46. The Morgan fingerprint density at radius 2 is 2.05 bits per heavy atom. The Kier molecular flexibility index (Phi) is 3.66. The van der Waals surface area contributed by atoms with Gasteiger partial charge in [-0.3, -0.25) is 4.79 Å². The molecule has 0 aliphatic carbocycles. The molecule has 0 saturated heterocycles. The molecule has 0 spiro atoms. The van der Waals surface area contributed by atoms with Crippen LogP contribution in [0.1, 0.15) is 15.9 Å². The summed E-state index contributed by atoms with van der Waals surface area (Å²) >= 11 is 5.66. The number of pyridine rings is 1. The average Bonchev–Trinajstić information content (AvgIpc) is 2.37. The Balaban J connectivity index is 2.26. The SMILES string of the molecule is Nc1nccc(C(=O)Cc2ccc(F)c(Cl)c2)c1N. The number of aromatic nitrogens is 1. The molecule has 2 aromatic rings. The van der Waals surface area contributed by atoms with Crippen LogP contribution in [-0.4, -0.2) is 10.8 Å². The number of benzene rings is 1. The molecule has 0 radical (unpaired) electrons. The van der Waals surface area contributed by atoms with Gasteiger partial charge in [0, 0.05) is 18.2 Å². The monoisotopic (exact) mass is 279 g/mol. The lowest BCUT2D eigenvalue weighted by molar-refractivity contribution is 0.0993. The van der Waals surface area contributed by atoms with Crippen LogP contribution in [0.25, 0.3) is 0 Å². The molecule has 0 bridgehead atoms. The van der Waals surface area contributed by atoms with Crippen LogP contribution >= 0.6 is 11.6 Å². The number of rotatable bonds is 3. The summed E-state index contributed by atoms with van der Waals surface area (Å²) in [5, 5.41) is -0.0208. The number of Topliss-reactive ketones (excluding diaryl/α,β-unsaturated/α-hetero) is 1. The van der Waals surface area contributed by atoms with Gasteiger partial charge in [0.2, 0.25) is 0 Å². The first-order valence-corrected chi connectivity index (χ1v) is 5.84. The largest absolute Gasteiger partial charge is 0.395 e. The van der Waals surface area contributed by atoms with Crippen molar-refractivity contribution < 1.29 is 9.18 Å². The molecule has 4 N–H and O–H groups in total. The molecule has 1 heterocycles. The summed E-state index contributed by atoms with van der Waals surface area (Å²) < 4.78 is 13.0. The molecule has 4 nitrogen and oxygen atoms in total. The molecule has 0 fully saturated rings. The second-order valence-electron chi connectivity index (χ2n) is 4.01. The Morgan fingerprint density at radius 1 is 1.32 bits per heavy atom. The molecule has 1 aromatic carbocycles. The molecule has 98 valence electrons. The van der Waals surface area contributed by atoms with E-state index in [4.69, 9.17) is 23.1 Å². The van der Waals surface area contributed by atoms with E-state index in [1.807, 2.05) is 0 Å². The molecule has 1 aromatic heterocycles. The minimum absolute atomic E-state index is 0.0208. The number of carbonyl (C=O) groups excluding carboxylic acids is 1. The maximum atomic E-state index is 13.0. The quantitative estimate of drug-likeness (QED) is 0.846. The van der Waals surface area contributed by atoms with Crippen LogP contribution in [0.2, 0.25) is 5.02 Å². The number of nitrogens with two attached hydrogens (primary N) is 2. The lowest BCUT2D eigenvalue weighted by Gasteiger charge is -2.07. The van der Waals surface area contributed by atoms with E-state index >= 15 is 0 Å². The summed E-state index contributed by atoms with van der Waals surface area (Å²) in [6, 6.07) is 5.63. The third-order valence-corrected chi connectivity index (χ3v) is 2.96. The molecule has 0 aliphatic rings. The average molecular weight is 280 g/mol. The van der Waals surface area contributed by atoms with Crippen LogP contribution in [0.4, 0.5) is 15.9 Å². The van der Waals surface area contributed by atoms with E-state index in [1.54, 1.807) is 0 Å². The molecule has 19 heavy (non-hydrogen) atoms. The van der Waals surface area contributed by atoms with Gasteiger partial charge in [-0.05, 0) is 23.8 Å². The number of anilines is 2. The van der Waals surface area contributed by atoms with E-state index in [9.17, 15) is 9.18 Å². The van der Waals surface area contributed by atoms with Gasteiger partial charge in [-0.15, -0.1) is 0 Å². The fourth-order valence-corrected chi connectivity index (χ4v) is 1.87. The molecule has 0 unspecified atom stereocenters. The summed E-state index contributed by atoms with van der Waals surface area (Å²) in [4.78, 5) is 15.9. The first-order chi connectivity index (χ1) is 8.99. The maximum absolute atomic E-state index is 13.0. The third-order valence-electron chi connectivity index (χ3n) is 2.67. The molecule has 2 rings (SSSR count). The topological polar surface area (TPSA) is 82.0 Å². The number of hydrogen-bond donors (Lipinski definition) is 2. The highest BCUT2D eigenvalue weighted by Crippen LogP contribution is 2.21. The summed E-state index contributed by atoms with van der Waals surface area (Å²) in [5.41, 5.74) is 12.3. The zero-order valence-corrected chi connectivity index (χ0v) is 10.6. The summed E-state index contributed by atoms with van der Waals surface area (Å²) in [6.07, 6.45) is 1.48. The van der Waals surface area contributed by atoms with Gasteiger partial charge in [-0.1, -0.05) is 17.7 Å². The van der Waals surface area contributed by atoms with Crippen molar-refractivity contribution in [3.05, 3.63) is 52.4 Å². The van der Waals surface area contributed by atoms with Crippen LogP contribution in [0.15, 0.2) is 30.5 Å². The van der Waals surface area contributed by atoms with E-state index in [-0.39, 0.29) is 28.7 Å². The minimum atomic E-state index is -0.523. The van der Waals surface area contributed by atoms with Gasteiger partial charge in [0.15, 0.2) is 5.78 Å². The van der Waals surface area contributed by atoms with Crippen molar-refractivity contribution in [1.82, 2.24) is 4.98 Å². The molecule has 0 atom stereocenters. The number of nitrogen functional groups attached to an aromatic ring is 2. The van der Waals surface area contributed by atoms with Crippen molar-refractivity contribution in [1.29, 1.82) is 0 Å². The van der Waals surface area contributed by atoms with Gasteiger partial charge < -0.3 is 11.5 Å². The summed E-state index contributed by atoms with van der Waals surface area (Å²) in [5.74, 6) is -0.636. The summed E-state index contributed by atoms with van der Waals surface area (Å²) in [6.45, 7) is 0. The van der Waals surface area contributed by atoms with Gasteiger partial charge >= 0.3 is 0 Å². The maximum Gasteiger partial charge on any atom is 0.169 e. The Hall–Kier alpha value is -2.14. The smallest absolute Gasteiger partial charge is 0.169 e. The van der Waals surface area contributed by atoms with Crippen LogP contribution < -0.4 is 11.5 Å². The minimum Gasteiger partial charge on any atom is -0.395 e. The van der Waals surface area contributed by atoms with Gasteiger partial charge in [-0.2, -0.15) is 0 Å². The molecule has 6 heteroatoms. The molecule has 0 amide bonds. The Morgan fingerprint density at radius 3 is 2.74 bits per heavy atom. The van der Waals surface area contributed by atoms with E-state index in [0.717, 1.165) is 0 Å². The number of carbonyl (C=O) groups is 1. The van der Waals surface area contributed by atoms with Gasteiger partial charge in [0.25, 0.3) is 0 Å². The zero-order chi connectivity index (χ0) is 14.0. The highest BCUT2D eigenvalue weighted by molar-refractivity contribution is 6.30. The van der Waals surface area contributed by atoms with Crippen molar-refractivity contribution in [2.45, 2.75) is 6.42 Å². The Labute approximate surface area is 114 Å². The van der Waals surface area contributed by atoms with E-state index in [2.05, 4.69) is 4.98 Å². The highest BCUT2D eigenvalue weighted by Gasteiger charge is 2.13. The van der Waals surface area contributed by atoms with Gasteiger partial charge in [0.1, 0.15) is 11.6 Å². The number of halogens is 2. The van der Waals surface area contributed by atoms with Crippen molar-refractivity contribution in [2.24, 2.45) is 0 Å². The standard InChI is InChI=1S/C13H11ClFN3O/c14-9-5-7(1-2-10(9)15)6-11(19)8-3-4-18-13(17)12(8)16/h1-5H,6,16H2,(H2,17,18). The molecule has 0 aliphatic heterocycles. The van der Waals surface area contributed by atoms with Crippen LogP contribution in [-0.2, 0) is 6.42 Å². The number of hydrogen-bond acceptors (Lipinski definition) is 4. The van der Waals surface area contributed by atoms with Crippen LogP contribution in [0.3, 0.4) is 0 Å². The predicted molar refractivity (Wildman–Crippen MR) is 72.5 cm³/mol. The van der Waals surface area contributed by atoms with Crippen molar-refractivity contribution in [3.63, 3.8) is 0 Å². The fourth-order valence-electron chi connectivity index (χ4n) is 1.66. The lowest BCUT2D eigenvalue weighted by Crippen LogP contribution is -2.10. The van der Waals surface area contributed by atoms with Crippen LogP contribution in [0, 0.1) is 5.82 Å². The summed E-state index contributed by atoms with van der Waals surface area (Å²) in [7, 11) is 0. The highest BCUT2D eigenvalue weighted by atomic mass is 35.5. The fraction of sp³-hybridized carbons (Fsp3) is 0.0769. The van der Waals surface area contributed by atoms with E-state index < -0.39 is 5.82 Å². The lowest BCUT2D eigenvalue weighted by atomic mass is 10.0. The molecule has 0 saturated carbocycles. The predicted octanol–water partition coefficient (Wildman–Crippen LogP) is 2.46. The number of ketones is 1. The zero-order valence-electron chi connectivity index (χ0n) is 9.86. The molecular formula is C13H11ClFN3O. The van der Waals surface area contributed by atoms with Crippen LogP contribution in [0.5, 0.6) is 0 Å². The van der Waals surface area contributed by atoms with Gasteiger partial charge in [0.05, 0.1) is 10.7 Å². The second kappa shape index (κ2) is 5.24. The van der Waals surface area contributed by atoms with Crippen molar-refractivity contribution in [3.8, 4) is 0 Å². The van der Waals surface area contributed by atoms with E-state index in [1.165, 1.54) is 30.5 Å². The Bertz CT molecular complexity index is 646. The number of nitrogens with zero attached hydrogens (tertiary/aromatic N) is 1. The van der Waals surface area contributed by atoms with Crippen molar-refractivity contribution in [2.75, 3.05) is 11.5 Å². The third kappa shape index (κ3) is 2.82. The molecular weight excluding hydrogens is 269 g/mol. The van der Waals surface area contributed by atoms with Crippen molar-refractivity contribution >= 4 is 28.9 Å².